The van der Waals surface area contributed by atoms with Crippen LogP contribution in [0.15, 0.2) is 42.5 Å². The van der Waals surface area contributed by atoms with Crippen LogP contribution in [0.4, 0.5) is 18.9 Å². The SMILES string of the molecule is C[C@H](Oc1ccc(F)cc1)C(=O)OCC(=O)Nc1ccc(F)cc1F. The highest BCUT2D eigenvalue weighted by Gasteiger charge is 2.18. The number of hydrogen-bond acceptors (Lipinski definition) is 4. The summed E-state index contributed by atoms with van der Waals surface area (Å²) in [4.78, 5) is 23.4. The summed E-state index contributed by atoms with van der Waals surface area (Å²) in [6, 6.07) is 7.64. The zero-order valence-corrected chi connectivity index (χ0v) is 13.1. The number of anilines is 1. The van der Waals surface area contributed by atoms with Crippen LogP contribution in [0.2, 0.25) is 0 Å². The molecule has 5 nitrogen and oxygen atoms in total. The van der Waals surface area contributed by atoms with Crippen molar-refractivity contribution in [2.24, 2.45) is 0 Å². The number of carbonyl (C=O) groups is 2. The van der Waals surface area contributed by atoms with Gasteiger partial charge in [-0.25, -0.2) is 18.0 Å². The van der Waals surface area contributed by atoms with Gasteiger partial charge in [0.15, 0.2) is 12.7 Å². The van der Waals surface area contributed by atoms with E-state index in [0.717, 1.165) is 24.3 Å². The minimum absolute atomic E-state index is 0.238. The molecule has 132 valence electrons. The molecule has 1 atom stereocenters. The first-order chi connectivity index (χ1) is 11.8. The fourth-order valence-electron chi connectivity index (χ4n) is 1.80. The summed E-state index contributed by atoms with van der Waals surface area (Å²) < 4.78 is 48.9. The van der Waals surface area contributed by atoms with E-state index < -0.39 is 42.0 Å². The molecule has 2 aromatic carbocycles. The third-order valence-corrected chi connectivity index (χ3v) is 3.01. The maximum absolute atomic E-state index is 13.4. The fourth-order valence-corrected chi connectivity index (χ4v) is 1.80. The normalized spacial score (nSPS) is 11.5. The molecule has 0 aliphatic heterocycles. The number of ether oxygens (including phenoxy) is 2. The molecule has 2 rings (SSSR count). The molecule has 0 fully saturated rings. The number of esters is 1. The maximum Gasteiger partial charge on any atom is 0.347 e. The van der Waals surface area contributed by atoms with Crippen LogP contribution in [0.1, 0.15) is 6.92 Å². The van der Waals surface area contributed by atoms with E-state index in [1.54, 1.807) is 0 Å². The van der Waals surface area contributed by atoms with Crippen LogP contribution in [-0.2, 0) is 14.3 Å². The zero-order chi connectivity index (χ0) is 18.4. The molecule has 1 amide bonds. The molecule has 2 aromatic rings. The van der Waals surface area contributed by atoms with Gasteiger partial charge in [0, 0.05) is 6.07 Å². The largest absolute Gasteiger partial charge is 0.479 e. The smallest absolute Gasteiger partial charge is 0.347 e. The van der Waals surface area contributed by atoms with Crippen LogP contribution in [0.25, 0.3) is 0 Å². The molecule has 0 aromatic heterocycles. The molecule has 0 aliphatic carbocycles. The Balaban J connectivity index is 1.82. The van der Waals surface area contributed by atoms with Crippen molar-refractivity contribution >= 4 is 17.6 Å². The van der Waals surface area contributed by atoms with Gasteiger partial charge >= 0.3 is 5.97 Å². The van der Waals surface area contributed by atoms with Crippen LogP contribution in [0.5, 0.6) is 5.75 Å². The molecule has 1 N–H and O–H groups in total. The Morgan fingerprint density at radius 2 is 1.68 bits per heavy atom. The van der Waals surface area contributed by atoms with Crippen LogP contribution >= 0.6 is 0 Å². The lowest BCUT2D eigenvalue weighted by Gasteiger charge is -2.14. The summed E-state index contributed by atoms with van der Waals surface area (Å²) in [5.41, 5.74) is -0.238. The summed E-state index contributed by atoms with van der Waals surface area (Å²) in [5, 5.41) is 2.15. The number of hydrogen-bond donors (Lipinski definition) is 1. The van der Waals surface area contributed by atoms with Crippen LogP contribution in [-0.4, -0.2) is 24.6 Å². The topological polar surface area (TPSA) is 64.6 Å². The van der Waals surface area contributed by atoms with Gasteiger partial charge < -0.3 is 14.8 Å². The molecule has 0 aliphatic rings. The van der Waals surface area contributed by atoms with Crippen molar-refractivity contribution in [1.82, 2.24) is 0 Å². The highest BCUT2D eigenvalue weighted by Crippen LogP contribution is 2.15. The minimum atomic E-state index is -1.04. The molecular weight excluding hydrogens is 339 g/mol. The Morgan fingerprint density at radius 1 is 1.04 bits per heavy atom. The molecule has 0 spiro atoms. The van der Waals surface area contributed by atoms with Crippen molar-refractivity contribution in [3.8, 4) is 5.75 Å². The number of nitrogens with one attached hydrogen (secondary N) is 1. The van der Waals surface area contributed by atoms with Gasteiger partial charge in [-0.05, 0) is 43.3 Å². The van der Waals surface area contributed by atoms with Crippen molar-refractivity contribution in [2.45, 2.75) is 13.0 Å². The Kier molecular flexibility index (Phi) is 5.99. The van der Waals surface area contributed by atoms with Crippen molar-refractivity contribution < 1.29 is 32.2 Å². The first kappa shape index (κ1) is 18.3. The van der Waals surface area contributed by atoms with E-state index in [0.29, 0.717) is 6.07 Å². The van der Waals surface area contributed by atoms with E-state index in [4.69, 9.17) is 9.47 Å². The highest BCUT2D eigenvalue weighted by molar-refractivity contribution is 5.93. The quantitative estimate of drug-likeness (QED) is 0.811. The zero-order valence-electron chi connectivity index (χ0n) is 13.1. The lowest BCUT2D eigenvalue weighted by atomic mass is 10.3. The van der Waals surface area contributed by atoms with Crippen molar-refractivity contribution in [3.05, 3.63) is 59.9 Å². The number of halogens is 3. The lowest BCUT2D eigenvalue weighted by Crippen LogP contribution is -2.29. The summed E-state index contributed by atoms with van der Waals surface area (Å²) in [6.07, 6.45) is -1.04. The van der Waals surface area contributed by atoms with E-state index in [-0.39, 0.29) is 11.4 Å². The molecule has 8 heteroatoms. The number of carbonyl (C=O) groups excluding carboxylic acids is 2. The molecule has 0 heterocycles. The molecule has 0 saturated heterocycles. The first-order valence-electron chi connectivity index (χ1n) is 7.19. The molecule has 0 saturated carbocycles. The van der Waals surface area contributed by atoms with E-state index in [2.05, 4.69) is 5.32 Å². The Morgan fingerprint density at radius 3 is 2.32 bits per heavy atom. The van der Waals surface area contributed by atoms with Gasteiger partial charge in [-0.2, -0.15) is 0 Å². The molecular formula is C17H14F3NO4. The predicted molar refractivity (Wildman–Crippen MR) is 82.4 cm³/mol. The van der Waals surface area contributed by atoms with Gasteiger partial charge in [0.25, 0.3) is 5.91 Å². The van der Waals surface area contributed by atoms with E-state index in [1.165, 1.54) is 19.1 Å². The predicted octanol–water partition coefficient (Wildman–Crippen LogP) is 3.05. The molecule has 0 unspecified atom stereocenters. The van der Waals surface area contributed by atoms with Gasteiger partial charge in [-0.15, -0.1) is 0 Å². The Hall–Kier alpha value is -3.03. The van der Waals surface area contributed by atoms with E-state index in [1.807, 2.05) is 0 Å². The average Bonchev–Trinajstić information content (AvgIpc) is 2.57. The van der Waals surface area contributed by atoms with Crippen molar-refractivity contribution in [3.63, 3.8) is 0 Å². The second-order valence-electron chi connectivity index (χ2n) is 4.99. The second kappa shape index (κ2) is 8.18. The number of benzene rings is 2. The monoisotopic (exact) mass is 353 g/mol. The third-order valence-electron chi connectivity index (χ3n) is 3.01. The first-order valence-corrected chi connectivity index (χ1v) is 7.19. The molecule has 25 heavy (non-hydrogen) atoms. The van der Waals surface area contributed by atoms with Crippen molar-refractivity contribution in [2.75, 3.05) is 11.9 Å². The van der Waals surface area contributed by atoms with Gasteiger partial charge in [0.05, 0.1) is 5.69 Å². The molecule has 0 bridgehead atoms. The van der Waals surface area contributed by atoms with Gasteiger partial charge in [-0.3, -0.25) is 4.79 Å². The van der Waals surface area contributed by atoms with Crippen LogP contribution < -0.4 is 10.1 Å². The maximum atomic E-state index is 13.4. The van der Waals surface area contributed by atoms with E-state index in [9.17, 15) is 22.8 Å². The standard InChI is InChI=1S/C17H14F3NO4/c1-10(25-13-5-2-11(18)3-6-13)17(23)24-9-16(22)21-15-7-4-12(19)8-14(15)20/h2-8,10H,9H2,1H3,(H,21,22)/t10-/m0/s1. The third kappa shape index (κ3) is 5.52. The summed E-state index contributed by atoms with van der Waals surface area (Å²) in [5.74, 6) is -3.57. The Labute approximate surface area is 141 Å². The van der Waals surface area contributed by atoms with Crippen molar-refractivity contribution in [1.29, 1.82) is 0 Å². The van der Waals surface area contributed by atoms with E-state index >= 15 is 0 Å². The van der Waals surface area contributed by atoms with Gasteiger partial charge in [-0.1, -0.05) is 0 Å². The number of amides is 1. The average molecular weight is 353 g/mol. The Bertz CT molecular complexity index is 765. The van der Waals surface area contributed by atoms with Crippen LogP contribution in [0, 0.1) is 17.5 Å². The van der Waals surface area contributed by atoms with Crippen LogP contribution in [0.3, 0.4) is 0 Å². The fraction of sp³-hybridized carbons (Fsp3) is 0.176. The van der Waals surface area contributed by atoms with Gasteiger partial charge in [0.2, 0.25) is 0 Å². The summed E-state index contributed by atoms with van der Waals surface area (Å²) in [7, 11) is 0. The summed E-state index contributed by atoms with van der Waals surface area (Å²) in [6.45, 7) is 0.718. The highest BCUT2D eigenvalue weighted by atomic mass is 19.1. The molecule has 0 radical (unpaired) electrons. The lowest BCUT2D eigenvalue weighted by molar-refractivity contribution is -0.153. The summed E-state index contributed by atoms with van der Waals surface area (Å²) >= 11 is 0. The second-order valence-corrected chi connectivity index (χ2v) is 4.99. The minimum Gasteiger partial charge on any atom is -0.479 e. The number of rotatable bonds is 6. The van der Waals surface area contributed by atoms with Gasteiger partial charge in [0.1, 0.15) is 23.2 Å².